The van der Waals surface area contributed by atoms with Crippen molar-refractivity contribution >= 4 is 23.5 Å². The quantitative estimate of drug-likeness (QED) is 0.683. The topological polar surface area (TPSA) is 98.4 Å². The number of ether oxygens (including phenoxy) is 2. The Labute approximate surface area is 181 Å². The molecule has 1 aliphatic heterocycles. The summed E-state index contributed by atoms with van der Waals surface area (Å²) in [5, 5.41) is 4.38. The number of fused-ring (bicyclic) bond motifs is 1. The van der Waals surface area contributed by atoms with E-state index >= 15 is 0 Å². The maximum Gasteiger partial charge on any atom is 0.410 e. The van der Waals surface area contributed by atoms with E-state index in [0.717, 1.165) is 6.42 Å². The second-order valence-electron chi connectivity index (χ2n) is 8.89. The van der Waals surface area contributed by atoms with E-state index in [1.54, 1.807) is 16.5 Å². The maximum atomic E-state index is 12.8. The summed E-state index contributed by atoms with van der Waals surface area (Å²) in [6, 6.07) is 2.85. The summed E-state index contributed by atoms with van der Waals surface area (Å²) in [7, 11) is 2.92. The van der Waals surface area contributed by atoms with E-state index in [1.807, 2.05) is 34.6 Å². The number of methoxy groups -OCH3 is 1. The molecule has 10 heteroatoms. The first kappa shape index (κ1) is 22.6. The Morgan fingerprint density at radius 2 is 1.90 bits per heavy atom. The number of hydrogen-bond donors (Lipinski definition) is 0. The highest BCUT2D eigenvalue weighted by atomic mass is 16.6. The maximum absolute atomic E-state index is 12.8. The number of piperazine rings is 1. The van der Waals surface area contributed by atoms with Crippen LogP contribution in [0.25, 0.3) is 5.65 Å². The van der Waals surface area contributed by atoms with Crippen LogP contribution in [-0.2, 0) is 16.5 Å². The Kier molecular flexibility index (Phi) is 6.02. The Morgan fingerprint density at radius 3 is 2.48 bits per heavy atom. The summed E-state index contributed by atoms with van der Waals surface area (Å²) in [4.78, 5) is 41.2. The summed E-state index contributed by atoms with van der Waals surface area (Å²) in [6.07, 6.45) is 0.384. The smallest absolute Gasteiger partial charge is 0.410 e. The molecule has 3 heterocycles. The van der Waals surface area contributed by atoms with Gasteiger partial charge in [0.2, 0.25) is 0 Å². The lowest BCUT2D eigenvalue weighted by Crippen LogP contribution is -2.60. The number of anilines is 1. The summed E-state index contributed by atoms with van der Waals surface area (Å²) in [5.41, 5.74) is -0.184. The molecule has 0 saturated carbocycles. The average Bonchev–Trinajstić information content (AvgIpc) is 3.14. The standard InChI is InChI=1S/C21H31N5O5/c1-8-14-12-24(13(2)11-25(14)20(29)31-21(3,4)5)17-10-18(27)23(6)16-9-15(19(28)30-7)22-26(16)17/h9-10,13-14H,8,11-12H2,1-7H3/t13-,14+/m0/s1. The zero-order chi connectivity index (χ0) is 23.1. The molecular formula is C21H31N5O5. The Morgan fingerprint density at radius 1 is 1.23 bits per heavy atom. The van der Waals surface area contributed by atoms with Crippen LogP contribution in [0.3, 0.4) is 0 Å². The second-order valence-corrected chi connectivity index (χ2v) is 8.89. The molecule has 0 spiro atoms. The number of esters is 1. The molecule has 2 aromatic heterocycles. The lowest BCUT2D eigenvalue weighted by molar-refractivity contribution is 0.0105. The molecular weight excluding hydrogens is 402 g/mol. The lowest BCUT2D eigenvalue weighted by atomic mass is 10.1. The number of rotatable bonds is 3. The van der Waals surface area contributed by atoms with Gasteiger partial charge in [0.25, 0.3) is 5.56 Å². The monoisotopic (exact) mass is 433 g/mol. The fourth-order valence-corrected chi connectivity index (χ4v) is 3.82. The van der Waals surface area contributed by atoms with Crippen molar-refractivity contribution in [2.75, 3.05) is 25.1 Å². The fraction of sp³-hybridized carbons (Fsp3) is 0.619. The number of aromatic nitrogens is 3. The van der Waals surface area contributed by atoms with Crippen LogP contribution in [0, 0.1) is 0 Å². The zero-order valence-corrected chi connectivity index (χ0v) is 19.2. The van der Waals surface area contributed by atoms with Crippen molar-refractivity contribution in [2.45, 2.75) is 58.7 Å². The van der Waals surface area contributed by atoms with Gasteiger partial charge in [-0.3, -0.25) is 9.36 Å². The largest absolute Gasteiger partial charge is 0.464 e. The molecule has 1 amide bonds. The average molecular weight is 434 g/mol. The highest BCUT2D eigenvalue weighted by Gasteiger charge is 2.37. The van der Waals surface area contributed by atoms with E-state index in [0.29, 0.717) is 24.6 Å². The minimum Gasteiger partial charge on any atom is -0.464 e. The molecule has 2 atom stereocenters. The van der Waals surface area contributed by atoms with E-state index in [1.165, 1.54) is 23.8 Å². The van der Waals surface area contributed by atoms with Gasteiger partial charge in [-0.2, -0.15) is 9.61 Å². The van der Waals surface area contributed by atoms with Crippen molar-refractivity contribution in [1.29, 1.82) is 0 Å². The molecule has 3 rings (SSSR count). The third kappa shape index (κ3) is 4.38. The van der Waals surface area contributed by atoms with Gasteiger partial charge >= 0.3 is 12.1 Å². The van der Waals surface area contributed by atoms with Gasteiger partial charge in [-0.05, 0) is 34.1 Å². The van der Waals surface area contributed by atoms with E-state index in [9.17, 15) is 14.4 Å². The van der Waals surface area contributed by atoms with E-state index in [2.05, 4.69) is 10.00 Å². The third-order valence-electron chi connectivity index (χ3n) is 5.46. The molecule has 0 aliphatic carbocycles. The molecule has 2 aromatic rings. The van der Waals surface area contributed by atoms with Gasteiger partial charge in [0.05, 0.1) is 13.2 Å². The van der Waals surface area contributed by atoms with Gasteiger partial charge < -0.3 is 19.3 Å². The van der Waals surface area contributed by atoms with E-state index < -0.39 is 11.6 Å². The van der Waals surface area contributed by atoms with Crippen LogP contribution in [0.2, 0.25) is 0 Å². The van der Waals surface area contributed by atoms with Gasteiger partial charge in [-0.1, -0.05) is 6.92 Å². The van der Waals surface area contributed by atoms with Crippen molar-refractivity contribution in [1.82, 2.24) is 19.1 Å². The molecule has 1 aliphatic rings. The first-order chi connectivity index (χ1) is 14.5. The molecule has 0 bridgehead atoms. The summed E-state index contributed by atoms with van der Waals surface area (Å²) in [6.45, 7) is 10.5. The van der Waals surface area contributed by atoms with Gasteiger partial charge in [0, 0.05) is 38.3 Å². The van der Waals surface area contributed by atoms with Crippen molar-refractivity contribution < 1.29 is 19.1 Å². The van der Waals surface area contributed by atoms with Crippen LogP contribution < -0.4 is 10.5 Å². The Hall–Kier alpha value is -3.04. The summed E-state index contributed by atoms with van der Waals surface area (Å²) in [5.74, 6) is -0.000584. The number of amides is 1. The molecule has 0 aromatic carbocycles. The van der Waals surface area contributed by atoms with Gasteiger partial charge in [0.1, 0.15) is 17.1 Å². The van der Waals surface area contributed by atoms with Crippen LogP contribution in [0.5, 0.6) is 0 Å². The SMILES string of the molecule is CC[C@@H]1CN(c2cc(=O)n(C)c3cc(C(=O)OC)nn23)[C@@H](C)CN1C(=O)OC(C)(C)C. The van der Waals surface area contributed by atoms with Gasteiger partial charge in [0.15, 0.2) is 5.69 Å². The minimum atomic E-state index is -0.576. The molecule has 0 N–H and O–H groups in total. The Bertz CT molecular complexity index is 1050. The van der Waals surface area contributed by atoms with E-state index in [4.69, 9.17) is 9.47 Å². The number of aryl methyl sites for hydroxylation is 1. The van der Waals surface area contributed by atoms with Crippen LogP contribution in [-0.4, -0.2) is 69.0 Å². The van der Waals surface area contributed by atoms with Crippen molar-refractivity contribution in [3.8, 4) is 0 Å². The predicted molar refractivity (Wildman–Crippen MR) is 116 cm³/mol. The number of carbonyl (C=O) groups is 2. The second kappa shape index (κ2) is 8.24. The van der Waals surface area contributed by atoms with E-state index in [-0.39, 0.29) is 29.4 Å². The normalized spacial score (nSPS) is 19.6. The predicted octanol–water partition coefficient (Wildman–Crippen LogP) is 2.04. The van der Waals surface area contributed by atoms with Crippen LogP contribution in [0.4, 0.5) is 10.6 Å². The van der Waals surface area contributed by atoms with Crippen molar-refractivity contribution in [3.05, 3.63) is 28.2 Å². The summed E-state index contributed by atoms with van der Waals surface area (Å²) >= 11 is 0. The first-order valence-corrected chi connectivity index (χ1v) is 10.4. The lowest BCUT2D eigenvalue weighted by Gasteiger charge is -2.46. The highest BCUT2D eigenvalue weighted by Crippen LogP contribution is 2.26. The fourth-order valence-electron chi connectivity index (χ4n) is 3.82. The molecule has 0 unspecified atom stereocenters. The molecule has 170 valence electrons. The van der Waals surface area contributed by atoms with Crippen LogP contribution in [0.1, 0.15) is 51.5 Å². The van der Waals surface area contributed by atoms with Gasteiger partial charge in [-0.25, -0.2) is 9.59 Å². The zero-order valence-electron chi connectivity index (χ0n) is 19.2. The van der Waals surface area contributed by atoms with Gasteiger partial charge in [-0.15, -0.1) is 0 Å². The van der Waals surface area contributed by atoms with Crippen molar-refractivity contribution in [2.24, 2.45) is 7.05 Å². The number of carbonyl (C=O) groups excluding carboxylic acids is 2. The molecule has 10 nitrogen and oxygen atoms in total. The highest BCUT2D eigenvalue weighted by molar-refractivity contribution is 5.88. The molecule has 1 saturated heterocycles. The Balaban J connectivity index is 2.00. The first-order valence-electron chi connectivity index (χ1n) is 10.4. The third-order valence-corrected chi connectivity index (χ3v) is 5.46. The molecule has 1 fully saturated rings. The molecule has 0 radical (unpaired) electrons. The van der Waals surface area contributed by atoms with Crippen LogP contribution in [0.15, 0.2) is 16.9 Å². The minimum absolute atomic E-state index is 0.0965. The number of nitrogens with zero attached hydrogens (tertiary/aromatic N) is 5. The summed E-state index contributed by atoms with van der Waals surface area (Å²) < 4.78 is 13.4. The molecule has 31 heavy (non-hydrogen) atoms. The number of hydrogen-bond acceptors (Lipinski definition) is 7. The van der Waals surface area contributed by atoms with Crippen LogP contribution >= 0.6 is 0 Å². The van der Waals surface area contributed by atoms with Crippen molar-refractivity contribution in [3.63, 3.8) is 0 Å².